The van der Waals surface area contributed by atoms with Crippen LogP contribution in [0, 0.1) is 11.3 Å². The van der Waals surface area contributed by atoms with Crippen molar-refractivity contribution in [2.24, 2.45) is 0 Å². The minimum atomic E-state index is -0.290. The third kappa shape index (κ3) is 4.26. The van der Waals surface area contributed by atoms with Crippen molar-refractivity contribution in [2.75, 3.05) is 45.2 Å². The predicted molar refractivity (Wildman–Crippen MR) is 105 cm³/mol. The first kappa shape index (κ1) is 18.9. The summed E-state index contributed by atoms with van der Waals surface area (Å²) in [4.78, 5) is 23.7. The lowest BCUT2D eigenvalue weighted by Crippen LogP contribution is -2.42. The van der Waals surface area contributed by atoms with Crippen molar-refractivity contribution in [3.8, 4) is 6.07 Å². The second kappa shape index (κ2) is 8.65. The summed E-state index contributed by atoms with van der Waals surface area (Å²) in [7, 11) is 3.87. The van der Waals surface area contributed by atoms with Crippen molar-refractivity contribution in [3.63, 3.8) is 0 Å². The van der Waals surface area contributed by atoms with E-state index in [0.717, 1.165) is 18.5 Å². The van der Waals surface area contributed by atoms with Crippen LogP contribution in [0.5, 0.6) is 0 Å². The number of hydrogen-bond donors (Lipinski definition) is 0. The van der Waals surface area contributed by atoms with Crippen LogP contribution in [0.1, 0.15) is 23.6 Å². The highest BCUT2D eigenvalue weighted by Crippen LogP contribution is 2.23. The average Bonchev–Trinajstić information content (AvgIpc) is 2.95. The topological polar surface area (TPSA) is 63.5 Å². The largest absolute Gasteiger partial charge is 0.354 e. The van der Waals surface area contributed by atoms with Crippen molar-refractivity contribution < 1.29 is 4.79 Å². The summed E-state index contributed by atoms with van der Waals surface area (Å²) in [5.74, 6) is 0.830. The average molecular weight is 363 g/mol. The highest BCUT2D eigenvalue weighted by Gasteiger charge is 2.29. The molecule has 2 aromatic rings. The quantitative estimate of drug-likeness (QED) is 0.834. The van der Waals surface area contributed by atoms with Crippen molar-refractivity contribution in [2.45, 2.75) is 12.5 Å². The zero-order chi connectivity index (χ0) is 19.2. The Bertz CT molecular complexity index is 815. The predicted octanol–water partition coefficient (Wildman–Crippen LogP) is 2.29. The Hall–Kier alpha value is -2.91. The second-order valence-corrected chi connectivity index (χ2v) is 6.93. The monoisotopic (exact) mass is 363 g/mol. The molecule has 1 atom stereocenters. The van der Waals surface area contributed by atoms with Gasteiger partial charge < -0.3 is 9.80 Å². The number of aromatic nitrogens is 1. The summed E-state index contributed by atoms with van der Waals surface area (Å²) in [5.41, 5.74) is 1.58. The van der Waals surface area contributed by atoms with E-state index in [1.165, 1.54) is 0 Å². The van der Waals surface area contributed by atoms with Crippen molar-refractivity contribution in [3.05, 3.63) is 59.8 Å². The number of hydrogen-bond acceptors (Lipinski definition) is 5. The van der Waals surface area contributed by atoms with E-state index in [1.807, 2.05) is 54.2 Å². The van der Waals surface area contributed by atoms with E-state index in [1.54, 1.807) is 18.3 Å². The maximum Gasteiger partial charge on any atom is 0.244 e. The van der Waals surface area contributed by atoms with Gasteiger partial charge in [0.25, 0.3) is 0 Å². The van der Waals surface area contributed by atoms with Crippen molar-refractivity contribution in [1.82, 2.24) is 14.8 Å². The molecule has 1 fully saturated rings. The normalized spacial score (nSPS) is 15.9. The molecule has 1 aliphatic rings. The van der Waals surface area contributed by atoms with Gasteiger partial charge in [0.15, 0.2) is 0 Å². The SMILES string of the molecule is CN(C)C(C(=O)N1CCCN(c2ncccc2C#N)CC1)c1ccccc1. The Morgan fingerprint density at radius 2 is 1.89 bits per heavy atom. The van der Waals surface area contributed by atoms with E-state index >= 15 is 0 Å². The summed E-state index contributed by atoms with van der Waals surface area (Å²) < 4.78 is 0. The lowest BCUT2D eigenvalue weighted by molar-refractivity contribution is -0.136. The third-order valence-corrected chi connectivity index (χ3v) is 4.88. The number of carbonyl (C=O) groups is 1. The van der Waals surface area contributed by atoms with Gasteiger partial charge in [-0.2, -0.15) is 5.26 Å². The van der Waals surface area contributed by atoms with Crippen LogP contribution in [-0.4, -0.2) is 61.0 Å². The van der Waals surface area contributed by atoms with Gasteiger partial charge in [-0.15, -0.1) is 0 Å². The summed E-state index contributed by atoms with van der Waals surface area (Å²) in [6.07, 6.45) is 2.56. The van der Waals surface area contributed by atoms with E-state index in [-0.39, 0.29) is 11.9 Å². The Balaban J connectivity index is 1.75. The van der Waals surface area contributed by atoms with Crippen LogP contribution in [0.4, 0.5) is 5.82 Å². The van der Waals surface area contributed by atoms with E-state index < -0.39 is 0 Å². The highest BCUT2D eigenvalue weighted by atomic mass is 16.2. The summed E-state index contributed by atoms with van der Waals surface area (Å²) in [6, 6.07) is 15.4. The number of carbonyl (C=O) groups excluding carboxylic acids is 1. The molecule has 1 amide bonds. The molecular formula is C21H25N5O. The minimum Gasteiger partial charge on any atom is -0.354 e. The number of amides is 1. The molecular weight excluding hydrogens is 338 g/mol. The van der Waals surface area contributed by atoms with Crippen LogP contribution in [0.25, 0.3) is 0 Å². The molecule has 0 aliphatic carbocycles. The fourth-order valence-corrected chi connectivity index (χ4v) is 3.56. The van der Waals surface area contributed by atoms with E-state index in [4.69, 9.17) is 0 Å². The molecule has 0 N–H and O–H groups in total. The number of anilines is 1. The number of likely N-dealkylation sites (N-methyl/N-ethyl adjacent to an activating group) is 1. The third-order valence-electron chi connectivity index (χ3n) is 4.88. The van der Waals surface area contributed by atoms with Crippen LogP contribution in [0.3, 0.4) is 0 Å². The molecule has 6 nitrogen and oxygen atoms in total. The van der Waals surface area contributed by atoms with Crippen LogP contribution >= 0.6 is 0 Å². The molecule has 27 heavy (non-hydrogen) atoms. The van der Waals surface area contributed by atoms with Gasteiger partial charge in [-0.25, -0.2) is 4.98 Å². The zero-order valence-corrected chi connectivity index (χ0v) is 15.9. The lowest BCUT2D eigenvalue weighted by Gasteiger charge is -2.30. The van der Waals surface area contributed by atoms with Crippen molar-refractivity contribution >= 4 is 11.7 Å². The fourth-order valence-electron chi connectivity index (χ4n) is 3.56. The summed E-state index contributed by atoms with van der Waals surface area (Å²) >= 11 is 0. The first-order valence-electron chi connectivity index (χ1n) is 9.22. The van der Waals surface area contributed by atoms with Crippen LogP contribution in [0.2, 0.25) is 0 Å². The molecule has 140 valence electrons. The maximum atomic E-state index is 13.3. The number of rotatable bonds is 4. The molecule has 1 aromatic heterocycles. The minimum absolute atomic E-state index is 0.120. The maximum absolute atomic E-state index is 13.3. The van der Waals surface area contributed by atoms with Gasteiger partial charge in [0, 0.05) is 32.4 Å². The van der Waals surface area contributed by atoms with Gasteiger partial charge >= 0.3 is 0 Å². The lowest BCUT2D eigenvalue weighted by atomic mass is 10.0. The molecule has 0 spiro atoms. The Morgan fingerprint density at radius 3 is 2.59 bits per heavy atom. The van der Waals surface area contributed by atoms with Gasteiger partial charge in [-0.3, -0.25) is 9.69 Å². The van der Waals surface area contributed by atoms with Gasteiger partial charge in [-0.1, -0.05) is 30.3 Å². The number of pyridine rings is 1. The smallest absolute Gasteiger partial charge is 0.244 e. The molecule has 0 radical (unpaired) electrons. The Kier molecular flexibility index (Phi) is 6.05. The molecule has 3 rings (SSSR count). The van der Waals surface area contributed by atoms with Gasteiger partial charge in [0.05, 0.1) is 5.56 Å². The molecule has 1 aromatic carbocycles. The highest BCUT2D eigenvalue weighted by molar-refractivity contribution is 5.83. The summed E-state index contributed by atoms with van der Waals surface area (Å²) in [6.45, 7) is 2.79. The Morgan fingerprint density at radius 1 is 1.11 bits per heavy atom. The van der Waals surface area contributed by atoms with Crippen LogP contribution in [-0.2, 0) is 4.79 Å². The first-order chi connectivity index (χ1) is 13.1. The van der Waals surface area contributed by atoms with Crippen molar-refractivity contribution in [1.29, 1.82) is 5.26 Å². The molecule has 2 heterocycles. The second-order valence-electron chi connectivity index (χ2n) is 6.93. The standard InChI is InChI=1S/C21H25N5O/c1-24(2)19(17-8-4-3-5-9-17)21(27)26-13-7-12-25(14-15-26)20-18(16-22)10-6-11-23-20/h3-6,8-11,19H,7,12-15H2,1-2H3. The molecule has 0 bridgehead atoms. The van der Waals surface area contributed by atoms with E-state index in [0.29, 0.717) is 31.0 Å². The molecule has 1 aliphatic heterocycles. The molecule has 6 heteroatoms. The number of nitriles is 1. The van der Waals surface area contributed by atoms with Gasteiger partial charge in [-0.05, 0) is 38.2 Å². The molecule has 1 unspecified atom stereocenters. The van der Waals surface area contributed by atoms with Crippen LogP contribution in [0.15, 0.2) is 48.7 Å². The van der Waals surface area contributed by atoms with E-state index in [9.17, 15) is 10.1 Å². The zero-order valence-electron chi connectivity index (χ0n) is 15.9. The molecule has 0 saturated carbocycles. The van der Waals surface area contributed by atoms with Gasteiger partial charge in [0.2, 0.25) is 5.91 Å². The fraction of sp³-hybridized carbons (Fsp3) is 0.381. The molecule has 1 saturated heterocycles. The van der Waals surface area contributed by atoms with E-state index in [2.05, 4.69) is 16.0 Å². The summed E-state index contributed by atoms with van der Waals surface area (Å²) in [5, 5.41) is 9.33. The Labute approximate surface area is 160 Å². The number of benzene rings is 1. The van der Waals surface area contributed by atoms with Crippen LogP contribution < -0.4 is 4.90 Å². The number of nitrogens with zero attached hydrogens (tertiary/aromatic N) is 5. The van der Waals surface area contributed by atoms with Gasteiger partial charge in [0.1, 0.15) is 17.9 Å². The first-order valence-corrected chi connectivity index (χ1v) is 9.22.